The zero-order valence-electron chi connectivity index (χ0n) is 12.7. The first kappa shape index (κ1) is 16.4. The van der Waals surface area contributed by atoms with Crippen molar-refractivity contribution in [2.75, 3.05) is 39.3 Å². The second kappa shape index (κ2) is 6.87. The van der Waals surface area contributed by atoms with Crippen LogP contribution in [0.4, 0.5) is 0 Å². The Kier molecular flexibility index (Phi) is 5.37. The molecule has 0 spiro atoms. The molecular weight excluding hydrogens is 292 g/mol. The number of nitrogens with zero attached hydrogens (tertiary/aromatic N) is 4. The third kappa shape index (κ3) is 3.63. The normalized spacial score (nSPS) is 18.2. The summed E-state index contributed by atoms with van der Waals surface area (Å²) in [6, 6.07) is 0. The van der Waals surface area contributed by atoms with Gasteiger partial charge in [0.1, 0.15) is 5.82 Å². The summed E-state index contributed by atoms with van der Waals surface area (Å²) in [6.45, 7) is 7.54. The number of β-amino-alcohol motifs (C(OH)–C–C–N with tert-alkyl or cyclic N) is 1. The molecule has 0 saturated carbocycles. The molecule has 21 heavy (non-hydrogen) atoms. The minimum Gasteiger partial charge on any atom is -0.395 e. The van der Waals surface area contributed by atoms with E-state index in [2.05, 4.69) is 9.88 Å². The van der Waals surface area contributed by atoms with Crippen molar-refractivity contribution in [1.29, 1.82) is 0 Å². The molecule has 1 aliphatic heterocycles. The average Bonchev–Trinajstić information content (AvgIpc) is 2.82. The quantitative estimate of drug-likeness (QED) is 0.793. The van der Waals surface area contributed by atoms with E-state index in [9.17, 15) is 8.42 Å². The predicted octanol–water partition coefficient (Wildman–Crippen LogP) is -0.0999. The molecule has 8 heteroatoms. The van der Waals surface area contributed by atoms with Crippen molar-refractivity contribution in [3.8, 4) is 0 Å². The number of hydrogen-bond acceptors (Lipinski definition) is 5. The van der Waals surface area contributed by atoms with E-state index in [-0.39, 0.29) is 11.6 Å². The Balaban J connectivity index is 2.10. The maximum absolute atomic E-state index is 12.6. The molecular formula is C13H24N4O3S. The second-order valence-electron chi connectivity index (χ2n) is 5.29. The molecule has 2 heterocycles. The molecule has 7 nitrogen and oxygen atoms in total. The molecule has 0 atom stereocenters. The highest BCUT2D eigenvalue weighted by Gasteiger charge is 2.30. The van der Waals surface area contributed by atoms with E-state index in [1.165, 1.54) is 4.31 Å². The highest BCUT2D eigenvalue weighted by Crippen LogP contribution is 2.17. The molecule has 0 radical (unpaired) electrons. The van der Waals surface area contributed by atoms with Crippen molar-refractivity contribution in [3.63, 3.8) is 0 Å². The van der Waals surface area contributed by atoms with E-state index in [1.54, 1.807) is 6.20 Å². The van der Waals surface area contributed by atoms with Crippen LogP contribution in [0.5, 0.6) is 0 Å². The van der Waals surface area contributed by atoms with Crippen LogP contribution >= 0.6 is 0 Å². The fraction of sp³-hybridized carbons (Fsp3) is 0.769. The van der Waals surface area contributed by atoms with Gasteiger partial charge >= 0.3 is 0 Å². The van der Waals surface area contributed by atoms with Crippen molar-refractivity contribution in [2.45, 2.75) is 31.8 Å². The highest BCUT2D eigenvalue weighted by atomic mass is 32.2. The SMILES string of the molecule is CCCn1cc(S(=O)(=O)N2CCN(CCO)CC2)nc1C. The van der Waals surface area contributed by atoms with Gasteiger partial charge in [0, 0.05) is 45.5 Å². The van der Waals surface area contributed by atoms with Gasteiger partial charge in [0.05, 0.1) is 6.61 Å². The Morgan fingerprint density at radius 1 is 1.24 bits per heavy atom. The second-order valence-corrected chi connectivity index (χ2v) is 7.17. The van der Waals surface area contributed by atoms with Crippen LogP contribution in [-0.4, -0.2) is 71.6 Å². The molecule has 0 amide bonds. The van der Waals surface area contributed by atoms with Crippen molar-refractivity contribution < 1.29 is 13.5 Å². The third-order valence-electron chi connectivity index (χ3n) is 3.77. The van der Waals surface area contributed by atoms with Gasteiger partial charge in [0.15, 0.2) is 5.03 Å². The summed E-state index contributed by atoms with van der Waals surface area (Å²) in [7, 11) is -3.51. The van der Waals surface area contributed by atoms with Gasteiger partial charge in [-0.1, -0.05) is 6.92 Å². The Bertz CT molecular complexity index is 562. The summed E-state index contributed by atoms with van der Waals surface area (Å²) >= 11 is 0. The Morgan fingerprint density at radius 3 is 2.48 bits per heavy atom. The van der Waals surface area contributed by atoms with Gasteiger partial charge in [-0.15, -0.1) is 0 Å². The van der Waals surface area contributed by atoms with Crippen molar-refractivity contribution in [3.05, 3.63) is 12.0 Å². The summed E-state index contributed by atoms with van der Waals surface area (Å²) in [6.07, 6.45) is 2.57. The lowest BCUT2D eigenvalue weighted by Gasteiger charge is -2.33. The number of rotatable bonds is 6. The maximum atomic E-state index is 12.6. The molecule has 0 unspecified atom stereocenters. The molecule has 120 valence electrons. The number of sulfonamides is 1. The van der Waals surface area contributed by atoms with Gasteiger partial charge in [-0.2, -0.15) is 4.31 Å². The molecule has 1 saturated heterocycles. The van der Waals surface area contributed by atoms with Crippen LogP contribution in [-0.2, 0) is 16.6 Å². The molecule has 0 bridgehead atoms. The summed E-state index contributed by atoms with van der Waals surface area (Å²) in [5.74, 6) is 0.731. The van der Waals surface area contributed by atoms with Crippen LogP contribution in [0, 0.1) is 6.92 Å². The number of piperazine rings is 1. The molecule has 0 aromatic carbocycles. The van der Waals surface area contributed by atoms with E-state index in [0.29, 0.717) is 32.7 Å². The lowest BCUT2D eigenvalue weighted by atomic mass is 10.4. The minimum absolute atomic E-state index is 0.105. The fourth-order valence-corrected chi connectivity index (χ4v) is 3.95. The number of imidazole rings is 1. The molecule has 1 aliphatic rings. The van der Waals surface area contributed by atoms with Crippen LogP contribution < -0.4 is 0 Å². The highest BCUT2D eigenvalue weighted by molar-refractivity contribution is 7.89. The lowest BCUT2D eigenvalue weighted by Crippen LogP contribution is -2.49. The van der Waals surface area contributed by atoms with E-state index >= 15 is 0 Å². The number of hydrogen-bond donors (Lipinski definition) is 1. The van der Waals surface area contributed by atoms with Gasteiger partial charge in [0.25, 0.3) is 10.0 Å². The van der Waals surface area contributed by atoms with Gasteiger partial charge in [-0.25, -0.2) is 13.4 Å². The number of aromatic nitrogens is 2. The Morgan fingerprint density at radius 2 is 1.90 bits per heavy atom. The monoisotopic (exact) mass is 316 g/mol. The van der Waals surface area contributed by atoms with Crippen molar-refractivity contribution >= 4 is 10.0 Å². The van der Waals surface area contributed by atoms with Crippen LogP contribution in [0.2, 0.25) is 0 Å². The molecule has 1 fully saturated rings. The zero-order valence-corrected chi connectivity index (χ0v) is 13.5. The van der Waals surface area contributed by atoms with Gasteiger partial charge in [0.2, 0.25) is 0 Å². The molecule has 2 rings (SSSR count). The Labute approximate surface area is 126 Å². The van der Waals surface area contributed by atoms with E-state index in [4.69, 9.17) is 5.11 Å². The fourth-order valence-electron chi connectivity index (χ4n) is 2.54. The molecule has 1 aromatic rings. The van der Waals surface area contributed by atoms with Gasteiger partial charge in [-0.05, 0) is 13.3 Å². The van der Waals surface area contributed by atoms with Gasteiger partial charge in [-0.3, -0.25) is 4.90 Å². The van der Waals surface area contributed by atoms with E-state index in [1.807, 2.05) is 18.4 Å². The van der Waals surface area contributed by atoms with Gasteiger partial charge < -0.3 is 9.67 Å². The first-order valence-corrected chi connectivity index (χ1v) is 8.80. The predicted molar refractivity (Wildman–Crippen MR) is 79.5 cm³/mol. The standard InChI is InChI=1S/C13H24N4O3S/c1-3-4-16-11-13(14-12(16)2)21(19,20)17-7-5-15(6-8-17)9-10-18/h11,18H,3-10H2,1-2H3. The van der Waals surface area contributed by atoms with Crippen molar-refractivity contribution in [1.82, 2.24) is 18.8 Å². The van der Waals surface area contributed by atoms with Crippen LogP contribution in [0.3, 0.4) is 0 Å². The molecule has 1 N–H and O–H groups in total. The first-order valence-electron chi connectivity index (χ1n) is 7.36. The number of aliphatic hydroxyl groups excluding tert-OH is 1. The summed E-state index contributed by atoms with van der Waals surface area (Å²) < 4.78 is 28.6. The molecule has 0 aliphatic carbocycles. The first-order chi connectivity index (χ1) is 9.98. The largest absolute Gasteiger partial charge is 0.395 e. The smallest absolute Gasteiger partial charge is 0.262 e. The summed E-state index contributed by atoms with van der Waals surface area (Å²) in [5, 5.41) is 9.06. The van der Waals surface area contributed by atoms with E-state index < -0.39 is 10.0 Å². The van der Waals surface area contributed by atoms with Crippen LogP contribution in [0.1, 0.15) is 19.2 Å². The number of aryl methyl sites for hydroxylation is 2. The summed E-state index contributed by atoms with van der Waals surface area (Å²) in [4.78, 5) is 6.27. The number of aliphatic hydroxyl groups is 1. The Hall–Kier alpha value is -0.960. The van der Waals surface area contributed by atoms with Crippen LogP contribution in [0.25, 0.3) is 0 Å². The summed E-state index contributed by atoms with van der Waals surface area (Å²) in [5.41, 5.74) is 0. The average molecular weight is 316 g/mol. The maximum Gasteiger partial charge on any atom is 0.262 e. The topological polar surface area (TPSA) is 78.7 Å². The third-order valence-corrected chi connectivity index (χ3v) is 5.54. The van der Waals surface area contributed by atoms with Crippen molar-refractivity contribution in [2.24, 2.45) is 0 Å². The van der Waals surface area contributed by atoms with Crippen LogP contribution in [0.15, 0.2) is 11.2 Å². The lowest BCUT2D eigenvalue weighted by molar-refractivity contribution is 0.151. The zero-order chi connectivity index (χ0) is 15.5. The minimum atomic E-state index is -3.51. The van der Waals surface area contributed by atoms with E-state index in [0.717, 1.165) is 18.8 Å². The molecule has 1 aromatic heterocycles.